The predicted molar refractivity (Wildman–Crippen MR) is 84.7 cm³/mol. The molecule has 0 aliphatic carbocycles. The summed E-state index contributed by atoms with van der Waals surface area (Å²) < 4.78 is 5.53. The highest BCUT2D eigenvalue weighted by atomic mass is 35.5. The van der Waals surface area contributed by atoms with Crippen molar-refractivity contribution in [3.63, 3.8) is 0 Å². The third-order valence-corrected chi connectivity index (χ3v) is 3.56. The molecule has 0 unspecified atom stereocenters. The van der Waals surface area contributed by atoms with E-state index < -0.39 is 5.56 Å². The van der Waals surface area contributed by atoms with Crippen LogP contribution in [0.3, 0.4) is 0 Å². The lowest BCUT2D eigenvalue weighted by Gasteiger charge is -2.06. The molecule has 3 rings (SSSR count). The number of aromatic amines is 1. The average molecular weight is 311 g/mol. The summed E-state index contributed by atoms with van der Waals surface area (Å²) in [5.41, 5.74) is 1.44. The highest BCUT2D eigenvalue weighted by molar-refractivity contribution is 6.30. The number of pyridine rings is 1. The number of H-pyrrole nitrogens is 1. The number of nitrogens with one attached hydrogen (secondary N) is 1. The number of aromatic nitrogens is 1. The van der Waals surface area contributed by atoms with Crippen molar-refractivity contribution in [3.8, 4) is 28.7 Å². The van der Waals surface area contributed by atoms with E-state index in [0.717, 1.165) is 11.3 Å². The molecule has 2 aromatic heterocycles. The second-order valence-electron chi connectivity index (χ2n) is 4.83. The van der Waals surface area contributed by atoms with Crippen LogP contribution >= 0.6 is 11.6 Å². The van der Waals surface area contributed by atoms with Crippen LogP contribution in [0.4, 0.5) is 0 Å². The Bertz CT molecular complexity index is 931. The summed E-state index contributed by atoms with van der Waals surface area (Å²) in [5.74, 6) is 1.29. The highest BCUT2D eigenvalue weighted by Crippen LogP contribution is 2.27. The molecule has 1 N–H and O–H groups in total. The quantitative estimate of drug-likeness (QED) is 0.773. The summed E-state index contributed by atoms with van der Waals surface area (Å²) in [4.78, 5) is 14.8. The number of hydrogen-bond acceptors (Lipinski definition) is 3. The second-order valence-corrected chi connectivity index (χ2v) is 5.27. The maximum Gasteiger partial charge on any atom is 0.267 e. The molecule has 4 nitrogen and oxygen atoms in total. The number of rotatable bonds is 2. The van der Waals surface area contributed by atoms with Gasteiger partial charge in [0.1, 0.15) is 17.4 Å². The van der Waals surface area contributed by atoms with Crippen molar-refractivity contribution >= 4 is 11.6 Å². The van der Waals surface area contributed by atoms with Gasteiger partial charge in [-0.15, -0.1) is 0 Å². The van der Waals surface area contributed by atoms with Crippen molar-refractivity contribution < 1.29 is 4.42 Å². The van der Waals surface area contributed by atoms with Gasteiger partial charge in [-0.3, -0.25) is 4.79 Å². The first kappa shape index (κ1) is 14.2. The minimum Gasteiger partial charge on any atom is -0.460 e. The lowest BCUT2D eigenvalue weighted by molar-refractivity contribution is 0.546. The SMILES string of the molecule is Cc1ccc(-c2cc(-c3ccc(Cl)cc3)c(C#N)c(=O)[nH]2)o1. The van der Waals surface area contributed by atoms with E-state index in [1.54, 1.807) is 36.4 Å². The summed E-state index contributed by atoms with van der Waals surface area (Å²) in [6, 6.07) is 14.3. The van der Waals surface area contributed by atoms with Crippen LogP contribution in [0.25, 0.3) is 22.6 Å². The second kappa shape index (κ2) is 5.55. The molecule has 1 aromatic carbocycles. The number of hydrogen-bond donors (Lipinski definition) is 1. The predicted octanol–water partition coefficient (Wildman–Crippen LogP) is 4.14. The molecule has 0 aliphatic heterocycles. The molecule has 22 heavy (non-hydrogen) atoms. The fourth-order valence-corrected chi connectivity index (χ4v) is 2.37. The average Bonchev–Trinajstić information content (AvgIpc) is 2.94. The fraction of sp³-hybridized carbons (Fsp3) is 0.0588. The van der Waals surface area contributed by atoms with Crippen molar-refractivity contribution in [2.45, 2.75) is 6.92 Å². The summed E-state index contributed by atoms with van der Waals surface area (Å²) in [6.45, 7) is 1.82. The van der Waals surface area contributed by atoms with Gasteiger partial charge in [-0.2, -0.15) is 5.26 Å². The normalized spacial score (nSPS) is 10.4. The highest BCUT2D eigenvalue weighted by Gasteiger charge is 2.14. The van der Waals surface area contributed by atoms with Crippen molar-refractivity contribution in [2.24, 2.45) is 0 Å². The van der Waals surface area contributed by atoms with Gasteiger partial charge in [0.15, 0.2) is 5.76 Å². The van der Waals surface area contributed by atoms with E-state index in [1.165, 1.54) is 0 Å². The number of benzene rings is 1. The van der Waals surface area contributed by atoms with Crippen LogP contribution in [0.2, 0.25) is 5.02 Å². The van der Waals surface area contributed by atoms with Gasteiger partial charge < -0.3 is 9.40 Å². The molecule has 0 radical (unpaired) electrons. The molecule has 0 bridgehead atoms. The Morgan fingerprint density at radius 2 is 1.91 bits per heavy atom. The van der Waals surface area contributed by atoms with Crippen LogP contribution in [0, 0.1) is 18.3 Å². The monoisotopic (exact) mass is 310 g/mol. The number of aryl methyl sites for hydroxylation is 1. The number of furan rings is 1. The Morgan fingerprint density at radius 3 is 2.50 bits per heavy atom. The van der Waals surface area contributed by atoms with Crippen molar-refractivity contribution in [1.29, 1.82) is 5.26 Å². The van der Waals surface area contributed by atoms with E-state index >= 15 is 0 Å². The number of nitriles is 1. The van der Waals surface area contributed by atoms with Gasteiger partial charge in [0.25, 0.3) is 5.56 Å². The van der Waals surface area contributed by atoms with Gasteiger partial charge in [-0.1, -0.05) is 23.7 Å². The number of nitrogens with zero attached hydrogens (tertiary/aromatic N) is 1. The standard InChI is InChI=1S/C17H11ClN2O2/c1-10-2-7-16(22-10)15-8-13(14(9-19)17(21)20-15)11-3-5-12(18)6-4-11/h2-8H,1H3,(H,20,21). The van der Waals surface area contributed by atoms with Gasteiger partial charge >= 0.3 is 0 Å². The molecular weight excluding hydrogens is 300 g/mol. The van der Waals surface area contributed by atoms with E-state index in [4.69, 9.17) is 16.0 Å². The van der Waals surface area contributed by atoms with Crippen molar-refractivity contribution in [1.82, 2.24) is 4.98 Å². The van der Waals surface area contributed by atoms with Gasteiger partial charge in [0.05, 0.1) is 5.69 Å². The Balaban J connectivity index is 2.24. The Hall–Kier alpha value is -2.77. The van der Waals surface area contributed by atoms with Gasteiger partial charge in [0, 0.05) is 10.6 Å². The smallest absolute Gasteiger partial charge is 0.267 e. The van der Waals surface area contributed by atoms with E-state index in [9.17, 15) is 10.1 Å². The topological polar surface area (TPSA) is 69.8 Å². The van der Waals surface area contributed by atoms with E-state index in [-0.39, 0.29) is 5.56 Å². The minimum atomic E-state index is -0.445. The molecule has 0 saturated carbocycles. The third-order valence-electron chi connectivity index (χ3n) is 3.31. The van der Waals surface area contributed by atoms with Crippen molar-refractivity contribution in [3.05, 3.63) is 69.2 Å². The molecule has 108 valence electrons. The van der Waals surface area contributed by atoms with Gasteiger partial charge in [0.2, 0.25) is 0 Å². The first-order chi connectivity index (χ1) is 10.6. The maximum atomic E-state index is 12.2. The molecule has 0 atom stereocenters. The molecule has 0 amide bonds. The van der Waals surface area contributed by atoms with Crippen molar-refractivity contribution in [2.75, 3.05) is 0 Å². The molecule has 3 aromatic rings. The summed E-state index contributed by atoms with van der Waals surface area (Å²) in [6.07, 6.45) is 0. The zero-order chi connectivity index (χ0) is 15.7. The van der Waals surface area contributed by atoms with Crippen LogP contribution in [-0.4, -0.2) is 4.98 Å². The minimum absolute atomic E-state index is 0.0642. The third kappa shape index (κ3) is 2.54. The van der Waals surface area contributed by atoms with Crippen LogP contribution < -0.4 is 5.56 Å². The van der Waals surface area contributed by atoms with Crippen LogP contribution in [0.1, 0.15) is 11.3 Å². The molecule has 5 heteroatoms. The number of halogens is 1. The molecule has 0 aliphatic rings. The Kier molecular flexibility index (Phi) is 3.58. The first-order valence-electron chi connectivity index (χ1n) is 6.58. The maximum absolute atomic E-state index is 12.2. The molecule has 0 spiro atoms. The van der Waals surface area contributed by atoms with E-state index in [2.05, 4.69) is 4.98 Å². The van der Waals surface area contributed by atoms with Crippen LogP contribution in [0.15, 0.2) is 51.7 Å². The molecule has 2 heterocycles. The van der Waals surface area contributed by atoms with Crippen LogP contribution in [-0.2, 0) is 0 Å². The first-order valence-corrected chi connectivity index (χ1v) is 6.96. The fourth-order valence-electron chi connectivity index (χ4n) is 2.24. The molecule has 0 fully saturated rings. The lowest BCUT2D eigenvalue weighted by Crippen LogP contribution is -2.12. The van der Waals surface area contributed by atoms with Crippen LogP contribution in [0.5, 0.6) is 0 Å². The van der Waals surface area contributed by atoms with Gasteiger partial charge in [-0.25, -0.2) is 0 Å². The van der Waals surface area contributed by atoms with E-state index in [1.807, 2.05) is 19.1 Å². The summed E-state index contributed by atoms with van der Waals surface area (Å²) >= 11 is 5.89. The Morgan fingerprint density at radius 1 is 1.18 bits per heavy atom. The zero-order valence-corrected chi connectivity index (χ0v) is 12.4. The van der Waals surface area contributed by atoms with E-state index in [0.29, 0.717) is 22.0 Å². The Labute approximate surface area is 131 Å². The zero-order valence-electron chi connectivity index (χ0n) is 11.7. The molecular formula is C17H11ClN2O2. The summed E-state index contributed by atoms with van der Waals surface area (Å²) in [5, 5.41) is 9.85. The van der Waals surface area contributed by atoms with Gasteiger partial charge in [-0.05, 0) is 42.8 Å². The summed E-state index contributed by atoms with van der Waals surface area (Å²) in [7, 11) is 0. The largest absolute Gasteiger partial charge is 0.460 e. The lowest BCUT2D eigenvalue weighted by atomic mass is 10.0. The molecule has 0 saturated heterocycles.